The fourth-order valence-electron chi connectivity index (χ4n) is 0.179. The summed E-state index contributed by atoms with van der Waals surface area (Å²) in [5.41, 5.74) is 0. The van der Waals surface area contributed by atoms with E-state index in [4.69, 9.17) is 10.2 Å². The molecule has 0 bridgehead atoms. The number of carboxylic acids is 1. The second-order valence-electron chi connectivity index (χ2n) is 1.12. The van der Waals surface area contributed by atoms with Crippen LogP contribution in [0.1, 0.15) is 6.92 Å². The summed E-state index contributed by atoms with van der Waals surface area (Å²) in [6.45, 7) is 1.30. The molecule has 0 fully saturated rings. The van der Waals surface area contributed by atoms with Crippen LogP contribution < -0.4 is 0 Å². The van der Waals surface area contributed by atoms with Gasteiger partial charge in [0, 0.05) is 0 Å². The maximum absolute atomic E-state index is 9.57. The first-order valence-electron chi connectivity index (χ1n) is 1.73. The van der Waals surface area contributed by atoms with Crippen molar-refractivity contribution in [3.63, 3.8) is 0 Å². The molecule has 0 radical (unpaired) electrons. The van der Waals surface area contributed by atoms with Crippen LogP contribution in [0.4, 0.5) is 0 Å². The van der Waals surface area contributed by atoms with E-state index in [2.05, 4.69) is 0 Å². The van der Waals surface area contributed by atoms with Crippen molar-refractivity contribution in [1.29, 1.82) is 0 Å². The Morgan fingerprint density at radius 3 is 2.00 bits per heavy atom. The van der Waals surface area contributed by atoms with Crippen LogP contribution in [0.15, 0.2) is 11.8 Å². The van der Waals surface area contributed by atoms with Crippen molar-refractivity contribution in [1.82, 2.24) is 0 Å². The summed E-state index contributed by atoms with van der Waals surface area (Å²) in [5, 5.41) is 16.1. The van der Waals surface area contributed by atoms with Crippen molar-refractivity contribution in [2.24, 2.45) is 0 Å². The lowest BCUT2D eigenvalue weighted by Gasteiger charge is -1.79. The average Bonchev–Trinajstić information content (AvgIpc) is 1.27. The summed E-state index contributed by atoms with van der Waals surface area (Å²) in [6, 6.07) is 0. The minimum absolute atomic E-state index is 0.187. The maximum Gasteiger partial charge on any atom is 0.331 e. The Hall–Kier alpha value is -0.990. The summed E-state index contributed by atoms with van der Waals surface area (Å²) >= 11 is 0. The number of aliphatic carboxylic acids is 1. The monoisotopic (exact) mass is 102 g/mol. The first-order valence-corrected chi connectivity index (χ1v) is 1.73. The highest BCUT2D eigenvalue weighted by Gasteiger charge is 1.86. The number of aliphatic hydroxyl groups excluding tert-OH is 1. The van der Waals surface area contributed by atoms with E-state index in [1.165, 1.54) is 6.92 Å². The number of aliphatic hydroxyl groups is 1. The van der Waals surface area contributed by atoms with Gasteiger partial charge in [-0.3, -0.25) is 0 Å². The Labute approximate surface area is 40.9 Å². The maximum atomic E-state index is 9.57. The summed E-state index contributed by atoms with van der Waals surface area (Å²) < 4.78 is 0. The standard InChI is InChI=1S/C4H6O3/c1-3(5)2-4(6)7/h2,5H,1H3,(H,6,7)/b3-2+. The SMILES string of the molecule is C/C(O)=C\C(=O)O. The summed E-state index contributed by atoms with van der Waals surface area (Å²) in [7, 11) is 0. The minimum Gasteiger partial charge on any atom is -0.512 e. The highest BCUT2D eigenvalue weighted by Crippen LogP contribution is 1.80. The molecule has 0 saturated heterocycles. The van der Waals surface area contributed by atoms with Gasteiger partial charge in [0.1, 0.15) is 0 Å². The van der Waals surface area contributed by atoms with Gasteiger partial charge in [0.25, 0.3) is 0 Å². The minimum atomic E-state index is -1.12. The summed E-state index contributed by atoms with van der Waals surface area (Å²) in [6.07, 6.45) is 0.722. The van der Waals surface area contributed by atoms with E-state index in [-0.39, 0.29) is 5.76 Å². The Balaban J connectivity index is 3.68. The molecular weight excluding hydrogens is 96.0 g/mol. The molecule has 0 atom stereocenters. The van der Waals surface area contributed by atoms with Gasteiger partial charge in [0.15, 0.2) is 0 Å². The van der Waals surface area contributed by atoms with E-state index >= 15 is 0 Å². The van der Waals surface area contributed by atoms with Gasteiger partial charge in [-0.25, -0.2) is 4.79 Å². The molecule has 7 heavy (non-hydrogen) atoms. The summed E-state index contributed by atoms with van der Waals surface area (Å²) in [5.74, 6) is -1.31. The molecule has 3 heteroatoms. The smallest absolute Gasteiger partial charge is 0.331 e. The van der Waals surface area contributed by atoms with Crippen LogP contribution in [0.5, 0.6) is 0 Å². The van der Waals surface area contributed by atoms with Gasteiger partial charge in [-0.15, -0.1) is 0 Å². The molecule has 0 heterocycles. The number of rotatable bonds is 1. The molecule has 0 aromatic carbocycles. The Morgan fingerprint density at radius 2 is 2.00 bits per heavy atom. The van der Waals surface area contributed by atoms with Gasteiger partial charge in [-0.05, 0) is 6.92 Å². The van der Waals surface area contributed by atoms with Crippen molar-refractivity contribution in [3.05, 3.63) is 11.8 Å². The molecule has 0 aliphatic heterocycles. The predicted molar refractivity (Wildman–Crippen MR) is 24.0 cm³/mol. The third kappa shape index (κ3) is 5.01. The molecule has 40 valence electrons. The fraction of sp³-hybridized carbons (Fsp3) is 0.250. The van der Waals surface area contributed by atoms with Gasteiger partial charge in [-0.2, -0.15) is 0 Å². The van der Waals surface area contributed by atoms with Crippen molar-refractivity contribution < 1.29 is 15.0 Å². The number of carbonyl (C=O) groups is 1. The van der Waals surface area contributed by atoms with Crippen LogP contribution in [-0.4, -0.2) is 16.2 Å². The third-order valence-corrected chi connectivity index (χ3v) is 0.332. The molecular formula is C4H6O3. The van der Waals surface area contributed by atoms with Gasteiger partial charge in [-0.1, -0.05) is 0 Å². The van der Waals surface area contributed by atoms with Gasteiger partial charge < -0.3 is 10.2 Å². The van der Waals surface area contributed by atoms with Crippen molar-refractivity contribution in [3.8, 4) is 0 Å². The molecule has 0 unspecified atom stereocenters. The molecule has 0 aliphatic rings. The molecule has 2 N–H and O–H groups in total. The fourth-order valence-corrected chi connectivity index (χ4v) is 0.179. The highest BCUT2D eigenvalue weighted by molar-refractivity contribution is 5.80. The summed E-state index contributed by atoms with van der Waals surface area (Å²) in [4.78, 5) is 9.57. The van der Waals surface area contributed by atoms with E-state index in [9.17, 15) is 4.79 Å². The lowest BCUT2D eigenvalue weighted by Crippen LogP contribution is -1.87. The Bertz CT molecular complexity index is 99.5. The number of allylic oxidation sites excluding steroid dienone is 1. The number of carboxylic acid groups (broad SMARTS) is 1. The topological polar surface area (TPSA) is 57.5 Å². The molecule has 0 aliphatic carbocycles. The van der Waals surface area contributed by atoms with Crippen molar-refractivity contribution in [2.45, 2.75) is 6.92 Å². The zero-order valence-electron chi connectivity index (χ0n) is 3.88. The zero-order valence-corrected chi connectivity index (χ0v) is 3.88. The van der Waals surface area contributed by atoms with E-state index < -0.39 is 5.97 Å². The quantitative estimate of drug-likeness (QED) is 0.375. The first-order chi connectivity index (χ1) is 3.13. The van der Waals surface area contributed by atoms with Crippen LogP contribution in [-0.2, 0) is 4.79 Å². The van der Waals surface area contributed by atoms with E-state index in [1.807, 2.05) is 0 Å². The molecule has 3 nitrogen and oxygen atoms in total. The average molecular weight is 102 g/mol. The predicted octanol–water partition coefficient (Wildman–Crippen LogP) is 0.533. The Morgan fingerprint density at radius 1 is 1.57 bits per heavy atom. The molecule has 0 spiro atoms. The Kier molecular flexibility index (Phi) is 1.91. The molecule has 0 rings (SSSR count). The van der Waals surface area contributed by atoms with Crippen molar-refractivity contribution >= 4 is 5.97 Å². The normalized spacial score (nSPS) is 11.3. The first kappa shape index (κ1) is 6.01. The number of hydrogen-bond donors (Lipinski definition) is 2. The third-order valence-electron chi connectivity index (χ3n) is 0.332. The lowest BCUT2D eigenvalue weighted by molar-refractivity contribution is -0.131. The van der Waals surface area contributed by atoms with Gasteiger partial charge in [0.05, 0.1) is 11.8 Å². The van der Waals surface area contributed by atoms with Crippen molar-refractivity contribution in [2.75, 3.05) is 0 Å². The van der Waals surface area contributed by atoms with Crippen LogP contribution in [0.3, 0.4) is 0 Å². The molecule has 0 saturated carbocycles. The van der Waals surface area contributed by atoms with E-state index in [1.54, 1.807) is 0 Å². The van der Waals surface area contributed by atoms with Crippen LogP contribution >= 0.6 is 0 Å². The lowest BCUT2D eigenvalue weighted by atomic mass is 10.5. The van der Waals surface area contributed by atoms with E-state index in [0.29, 0.717) is 0 Å². The molecule has 0 aromatic rings. The van der Waals surface area contributed by atoms with Gasteiger partial charge >= 0.3 is 5.97 Å². The van der Waals surface area contributed by atoms with Crippen LogP contribution in [0.2, 0.25) is 0 Å². The van der Waals surface area contributed by atoms with Crippen LogP contribution in [0.25, 0.3) is 0 Å². The van der Waals surface area contributed by atoms with Gasteiger partial charge in [0.2, 0.25) is 0 Å². The largest absolute Gasteiger partial charge is 0.512 e. The molecule has 0 aromatic heterocycles. The molecule has 0 amide bonds. The highest BCUT2D eigenvalue weighted by atomic mass is 16.4. The second-order valence-corrected chi connectivity index (χ2v) is 1.12. The number of hydrogen-bond acceptors (Lipinski definition) is 2. The van der Waals surface area contributed by atoms with E-state index in [0.717, 1.165) is 6.08 Å². The van der Waals surface area contributed by atoms with Crippen LogP contribution in [0, 0.1) is 0 Å². The second kappa shape index (κ2) is 2.23. The zero-order chi connectivity index (χ0) is 5.86.